The highest BCUT2D eigenvalue weighted by Gasteiger charge is 2.20. The fourth-order valence-corrected chi connectivity index (χ4v) is 2.61. The molecule has 0 aliphatic heterocycles. The zero-order valence-electron chi connectivity index (χ0n) is 12.2. The van der Waals surface area contributed by atoms with Crippen LogP contribution in [0.4, 0.5) is 4.39 Å². The highest BCUT2D eigenvalue weighted by molar-refractivity contribution is 7.89. The highest BCUT2D eigenvalue weighted by atomic mass is 32.2. The topological polar surface area (TPSA) is 69.6 Å². The molecule has 2 N–H and O–H groups in total. The van der Waals surface area contributed by atoms with Gasteiger partial charge in [0.25, 0.3) is 0 Å². The van der Waals surface area contributed by atoms with Crippen LogP contribution in [0.5, 0.6) is 0 Å². The van der Waals surface area contributed by atoms with Gasteiger partial charge in [0, 0.05) is 18.2 Å². The number of benzene rings is 1. The van der Waals surface area contributed by atoms with Crippen LogP contribution in [-0.2, 0) is 10.0 Å². The average Bonchev–Trinajstić information content (AvgIpc) is 2.42. The van der Waals surface area contributed by atoms with Gasteiger partial charge < -0.3 is 10.0 Å². The smallest absolute Gasteiger partial charge is 0.243 e. The maximum Gasteiger partial charge on any atom is 0.243 e. The molecule has 1 aromatic carbocycles. The molecule has 0 bridgehead atoms. The lowest BCUT2D eigenvalue weighted by Crippen LogP contribution is -2.38. The van der Waals surface area contributed by atoms with Crippen molar-refractivity contribution in [2.45, 2.75) is 17.9 Å². The van der Waals surface area contributed by atoms with Gasteiger partial charge in [-0.15, -0.1) is 0 Å². The Morgan fingerprint density at radius 3 is 2.62 bits per heavy atom. The number of hydrogen-bond acceptors (Lipinski definition) is 4. The molecule has 1 atom stereocenters. The number of likely N-dealkylation sites (N-methyl/N-ethyl adjacent to an activating group) is 1. The zero-order valence-corrected chi connectivity index (χ0v) is 13.0. The maximum absolute atomic E-state index is 13.9. The van der Waals surface area contributed by atoms with Crippen LogP contribution < -0.4 is 4.72 Å². The molecule has 0 fully saturated rings. The van der Waals surface area contributed by atoms with Crippen LogP contribution in [-0.4, -0.2) is 51.7 Å². The number of halogens is 1. The van der Waals surface area contributed by atoms with Crippen molar-refractivity contribution in [1.82, 2.24) is 9.62 Å². The van der Waals surface area contributed by atoms with Crippen molar-refractivity contribution in [2.75, 3.05) is 27.2 Å². The van der Waals surface area contributed by atoms with Crippen molar-refractivity contribution in [2.24, 2.45) is 0 Å². The molecule has 0 radical (unpaired) electrons. The molecule has 0 aliphatic rings. The van der Waals surface area contributed by atoms with E-state index in [4.69, 9.17) is 5.11 Å². The van der Waals surface area contributed by atoms with E-state index in [0.29, 0.717) is 5.56 Å². The molecule has 7 heteroatoms. The van der Waals surface area contributed by atoms with Crippen LogP contribution in [0.15, 0.2) is 23.1 Å². The first kappa shape index (κ1) is 17.6. The van der Waals surface area contributed by atoms with Crippen molar-refractivity contribution in [3.63, 3.8) is 0 Å². The van der Waals surface area contributed by atoms with E-state index < -0.39 is 20.7 Å². The van der Waals surface area contributed by atoms with Gasteiger partial charge in [0.2, 0.25) is 10.0 Å². The van der Waals surface area contributed by atoms with Gasteiger partial charge in [0.15, 0.2) is 0 Å². The molecule has 1 unspecified atom stereocenters. The van der Waals surface area contributed by atoms with Crippen molar-refractivity contribution < 1.29 is 17.9 Å². The van der Waals surface area contributed by atoms with Crippen molar-refractivity contribution in [1.29, 1.82) is 0 Å². The van der Waals surface area contributed by atoms with Gasteiger partial charge in [-0.3, -0.25) is 0 Å². The van der Waals surface area contributed by atoms with E-state index in [9.17, 15) is 12.8 Å². The summed E-state index contributed by atoms with van der Waals surface area (Å²) in [4.78, 5) is 1.44. The molecular formula is C14H19FN2O3S. The van der Waals surface area contributed by atoms with Gasteiger partial charge >= 0.3 is 0 Å². The summed E-state index contributed by atoms with van der Waals surface area (Å²) >= 11 is 0. The van der Waals surface area contributed by atoms with Crippen LogP contribution >= 0.6 is 0 Å². The minimum Gasteiger partial charge on any atom is -0.384 e. The van der Waals surface area contributed by atoms with E-state index >= 15 is 0 Å². The first-order chi connectivity index (χ1) is 9.77. The van der Waals surface area contributed by atoms with Crippen molar-refractivity contribution in [3.8, 4) is 11.8 Å². The minimum atomic E-state index is -3.91. The fraction of sp³-hybridized carbons (Fsp3) is 0.429. The van der Waals surface area contributed by atoms with Gasteiger partial charge in [-0.25, -0.2) is 17.5 Å². The number of nitrogens with one attached hydrogen (secondary N) is 1. The summed E-state index contributed by atoms with van der Waals surface area (Å²) in [6, 6.07) is 3.58. The predicted molar refractivity (Wildman–Crippen MR) is 78.7 cm³/mol. The first-order valence-electron chi connectivity index (χ1n) is 6.33. The third-order valence-corrected chi connectivity index (χ3v) is 4.44. The van der Waals surface area contributed by atoms with Crippen molar-refractivity contribution >= 4 is 10.0 Å². The van der Waals surface area contributed by atoms with Gasteiger partial charge in [-0.1, -0.05) is 11.8 Å². The molecule has 0 spiro atoms. The number of nitrogens with zero attached hydrogens (tertiary/aromatic N) is 1. The fourth-order valence-electron chi connectivity index (χ4n) is 1.43. The molecule has 116 valence electrons. The Kier molecular flexibility index (Phi) is 6.30. The molecular weight excluding hydrogens is 295 g/mol. The molecule has 1 rings (SSSR count). The summed E-state index contributed by atoms with van der Waals surface area (Å²) in [6.45, 7) is 1.69. The number of sulfonamides is 1. The molecule has 0 heterocycles. The van der Waals surface area contributed by atoms with Gasteiger partial charge in [0.05, 0.1) is 0 Å². The third-order valence-electron chi connectivity index (χ3n) is 2.98. The summed E-state index contributed by atoms with van der Waals surface area (Å²) in [5.74, 6) is 4.02. The van der Waals surface area contributed by atoms with Crippen molar-refractivity contribution in [3.05, 3.63) is 29.6 Å². The molecule has 0 aromatic heterocycles. The lowest BCUT2D eigenvalue weighted by atomic mass is 10.2. The molecule has 5 nitrogen and oxygen atoms in total. The number of aliphatic hydroxyl groups is 1. The summed E-state index contributed by atoms with van der Waals surface area (Å²) in [6.07, 6.45) is 0. The Bertz CT molecular complexity index is 648. The molecule has 21 heavy (non-hydrogen) atoms. The van der Waals surface area contributed by atoms with Gasteiger partial charge in [-0.05, 0) is 39.2 Å². The average molecular weight is 314 g/mol. The normalized spacial score (nSPS) is 12.9. The first-order valence-corrected chi connectivity index (χ1v) is 7.81. The summed E-state index contributed by atoms with van der Waals surface area (Å²) < 4.78 is 40.4. The van der Waals surface area contributed by atoms with Gasteiger partial charge in [-0.2, -0.15) is 0 Å². The number of aliphatic hydroxyl groups excluding tert-OH is 1. The van der Waals surface area contributed by atoms with E-state index in [-0.39, 0.29) is 19.2 Å². The largest absolute Gasteiger partial charge is 0.384 e. The maximum atomic E-state index is 13.9. The molecule has 0 aliphatic carbocycles. The Hall–Kier alpha value is -1.46. The number of hydrogen-bond donors (Lipinski definition) is 2. The SMILES string of the molecule is CC(CNS(=O)(=O)c1ccc(C#CCO)cc1F)N(C)C. The standard InChI is InChI=1S/C14H19FN2O3S/c1-11(17(2)3)10-16-21(19,20)14-7-6-12(5-4-8-18)9-13(14)15/h6-7,9,11,16,18H,8,10H2,1-3H3. The highest BCUT2D eigenvalue weighted by Crippen LogP contribution is 2.15. The Balaban J connectivity index is 2.94. The van der Waals surface area contributed by atoms with E-state index in [0.717, 1.165) is 6.07 Å². The minimum absolute atomic E-state index is 0.0162. The molecule has 0 amide bonds. The molecule has 1 aromatic rings. The summed E-state index contributed by atoms with van der Waals surface area (Å²) in [5, 5.41) is 8.57. The quantitative estimate of drug-likeness (QED) is 0.772. The Morgan fingerprint density at radius 2 is 2.10 bits per heavy atom. The Morgan fingerprint density at radius 1 is 1.43 bits per heavy atom. The number of rotatable bonds is 5. The molecule has 0 saturated heterocycles. The summed E-state index contributed by atoms with van der Waals surface area (Å²) in [7, 11) is -0.251. The van der Waals surface area contributed by atoms with Crippen LogP contribution in [0.25, 0.3) is 0 Å². The zero-order chi connectivity index (χ0) is 16.0. The van der Waals surface area contributed by atoms with E-state index in [2.05, 4.69) is 16.6 Å². The van der Waals surface area contributed by atoms with E-state index in [1.807, 2.05) is 25.9 Å². The molecule has 0 saturated carbocycles. The second-order valence-electron chi connectivity index (χ2n) is 4.77. The van der Waals surface area contributed by atoms with E-state index in [1.165, 1.54) is 12.1 Å². The van der Waals surface area contributed by atoms with Crippen LogP contribution in [0.3, 0.4) is 0 Å². The van der Waals surface area contributed by atoms with Crippen LogP contribution in [0, 0.1) is 17.7 Å². The summed E-state index contributed by atoms with van der Waals surface area (Å²) in [5.41, 5.74) is 0.308. The lowest BCUT2D eigenvalue weighted by Gasteiger charge is -2.20. The van der Waals surface area contributed by atoms with E-state index in [1.54, 1.807) is 0 Å². The lowest BCUT2D eigenvalue weighted by molar-refractivity contribution is 0.313. The van der Waals surface area contributed by atoms with Crippen LogP contribution in [0.2, 0.25) is 0 Å². The monoisotopic (exact) mass is 314 g/mol. The predicted octanol–water partition coefficient (Wildman–Crippen LogP) is 0.398. The second kappa shape index (κ2) is 7.52. The van der Waals surface area contributed by atoms with Crippen LogP contribution in [0.1, 0.15) is 12.5 Å². The second-order valence-corrected chi connectivity index (χ2v) is 6.50. The third kappa shape index (κ3) is 5.10. The van der Waals surface area contributed by atoms with Gasteiger partial charge in [0.1, 0.15) is 17.3 Å². The Labute approximate surface area is 124 Å².